The van der Waals surface area contributed by atoms with Crippen molar-refractivity contribution in [3.63, 3.8) is 0 Å². The second-order valence-electron chi connectivity index (χ2n) is 5.08. The Balaban J connectivity index is 1.77. The fourth-order valence-corrected chi connectivity index (χ4v) is 2.03. The number of ether oxygens (including phenoxy) is 1. The van der Waals surface area contributed by atoms with Crippen molar-refractivity contribution < 1.29 is 9.84 Å². The number of aliphatic hydroxyl groups excluding tert-OH is 1. The van der Waals surface area contributed by atoms with Crippen LogP contribution in [0.1, 0.15) is 24.7 Å². The zero-order valence-corrected chi connectivity index (χ0v) is 12.1. The van der Waals surface area contributed by atoms with Crippen LogP contribution in [0, 0.1) is 0 Å². The molecule has 1 aromatic heterocycles. The molecule has 0 fully saturated rings. The van der Waals surface area contributed by atoms with Gasteiger partial charge in [-0.15, -0.1) is 0 Å². The summed E-state index contributed by atoms with van der Waals surface area (Å²) in [7, 11) is 1.99. The first-order chi connectivity index (χ1) is 9.65. The van der Waals surface area contributed by atoms with Gasteiger partial charge < -0.3 is 14.4 Å². The van der Waals surface area contributed by atoms with Crippen LogP contribution in [0.25, 0.3) is 0 Å². The molecule has 0 saturated heterocycles. The zero-order valence-electron chi connectivity index (χ0n) is 12.1. The number of hydrogen-bond acceptors (Lipinski definition) is 3. The van der Waals surface area contributed by atoms with Gasteiger partial charge in [0.15, 0.2) is 0 Å². The van der Waals surface area contributed by atoms with E-state index in [0.717, 1.165) is 30.8 Å². The van der Waals surface area contributed by atoms with Crippen LogP contribution in [0.3, 0.4) is 0 Å². The van der Waals surface area contributed by atoms with E-state index in [1.807, 2.05) is 36.9 Å². The summed E-state index contributed by atoms with van der Waals surface area (Å²) in [5.41, 5.74) is 1.22. The van der Waals surface area contributed by atoms with Crippen LogP contribution < -0.4 is 4.74 Å². The van der Waals surface area contributed by atoms with Gasteiger partial charge in [-0.2, -0.15) is 0 Å². The Morgan fingerprint density at radius 1 is 1.25 bits per heavy atom. The predicted molar refractivity (Wildman–Crippen MR) is 78.9 cm³/mol. The summed E-state index contributed by atoms with van der Waals surface area (Å²) in [6.45, 7) is 2.44. The van der Waals surface area contributed by atoms with Gasteiger partial charge in [0.2, 0.25) is 0 Å². The molecular formula is C16H22N2O2. The van der Waals surface area contributed by atoms with E-state index in [1.54, 1.807) is 6.20 Å². The molecule has 0 spiro atoms. The fraction of sp³-hybridized carbons (Fsp3) is 0.438. The van der Waals surface area contributed by atoms with Crippen LogP contribution in [0.5, 0.6) is 5.75 Å². The van der Waals surface area contributed by atoms with Gasteiger partial charge in [-0.25, -0.2) is 4.98 Å². The van der Waals surface area contributed by atoms with Crippen molar-refractivity contribution in [1.29, 1.82) is 0 Å². The number of aryl methyl sites for hydroxylation is 2. The van der Waals surface area contributed by atoms with E-state index in [4.69, 9.17) is 4.74 Å². The van der Waals surface area contributed by atoms with Crippen LogP contribution in [0.15, 0.2) is 36.7 Å². The maximum atomic E-state index is 9.26. The molecule has 0 saturated carbocycles. The lowest BCUT2D eigenvalue weighted by molar-refractivity contribution is 0.185. The highest BCUT2D eigenvalue weighted by Gasteiger charge is 2.01. The molecular weight excluding hydrogens is 252 g/mol. The molecule has 0 radical (unpaired) electrons. The van der Waals surface area contributed by atoms with Gasteiger partial charge in [-0.05, 0) is 37.5 Å². The molecule has 4 heteroatoms. The van der Waals surface area contributed by atoms with E-state index < -0.39 is 0 Å². The van der Waals surface area contributed by atoms with E-state index in [9.17, 15) is 5.11 Å². The fourth-order valence-electron chi connectivity index (χ4n) is 2.03. The lowest BCUT2D eigenvalue weighted by Crippen LogP contribution is -2.06. The van der Waals surface area contributed by atoms with E-state index >= 15 is 0 Å². The molecule has 0 aliphatic carbocycles. The summed E-state index contributed by atoms with van der Waals surface area (Å²) in [5, 5.41) is 9.26. The molecule has 1 aromatic carbocycles. The first-order valence-corrected chi connectivity index (χ1v) is 7.01. The molecule has 2 rings (SSSR count). The van der Waals surface area contributed by atoms with Crippen molar-refractivity contribution in [2.45, 2.75) is 32.3 Å². The third kappa shape index (κ3) is 4.38. The maximum absolute atomic E-state index is 9.26. The Hall–Kier alpha value is -1.81. The van der Waals surface area contributed by atoms with Crippen molar-refractivity contribution >= 4 is 0 Å². The Labute approximate surface area is 120 Å². The minimum absolute atomic E-state index is 0.247. The number of aliphatic hydroxyl groups is 1. The molecule has 1 unspecified atom stereocenters. The normalized spacial score (nSPS) is 12.3. The second kappa shape index (κ2) is 7.10. The Morgan fingerprint density at radius 2 is 2.00 bits per heavy atom. The lowest BCUT2D eigenvalue weighted by Gasteiger charge is -2.08. The largest absolute Gasteiger partial charge is 0.493 e. The number of aromatic nitrogens is 2. The van der Waals surface area contributed by atoms with Crippen LogP contribution in [0.2, 0.25) is 0 Å². The first-order valence-electron chi connectivity index (χ1n) is 7.01. The van der Waals surface area contributed by atoms with Crippen molar-refractivity contribution in [2.24, 2.45) is 7.05 Å². The molecule has 0 aliphatic heterocycles. The lowest BCUT2D eigenvalue weighted by atomic mass is 10.1. The molecule has 1 heterocycles. The number of nitrogens with zero attached hydrogens (tertiary/aromatic N) is 2. The number of hydrogen-bond donors (Lipinski definition) is 1. The van der Waals surface area contributed by atoms with Crippen LogP contribution in [-0.4, -0.2) is 27.4 Å². The smallest absolute Gasteiger partial charge is 0.119 e. The van der Waals surface area contributed by atoms with Gasteiger partial charge in [-0.3, -0.25) is 0 Å². The summed E-state index contributed by atoms with van der Waals surface area (Å²) < 4.78 is 7.71. The van der Waals surface area contributed by atoms with Crippen LogP contribution >= 0.6 is 0 Å². The molecule has 20 heavy (non-hydrogen) atoms. The Bertz CT molecular complexity index is 518. The molecule has 4 nitrogen and oxygen atoms in total. The van der Waals surface area contributed by atoms with E-state index in [-0.39, 0.29) is 6.10 Å². The summed E-state index contributed by atoms with van der Waals surface area (Å²) >= 11 is 0. The summed E-state index contributed by atoms with van der Waals surface area (Å²) in [5.74, 6) is 1.90. The van der Waals surface area contributed by atoms with Crippen molar-refractivity contribution in [3.05, 3.63) is 48.0 Å². The van der Waals surface area contributed by atoms with E-state index in [1.165, 1.54) is 5.56 Å². The van der Waals surface area contributed by atoms with Crippen LogP contribution in [-0.2, 0) is 19.9 Å². The molecule has 0 aliphatic rings. The predicted octanol–water partition coefficient (Wildman–Crippen LogP) is 2.36. The zero-order chi connectivity index (χ0) is 14.4. The average Bonchev–Trinajstić information content (AvgIpc) is 2.83. The first kappa shape index (κ1) is 14.6. The monoisotopic (exact) mass is 274 g/mol. The van der Waals surface area contributed by atoms with Crippen LogP contribution in [0.4, 0.5) is 0 Å². The third-order valence-electron chi connectivity index (χ3n) is 3.29. The van der Waals surface area contributed by atoms with Gasteiger partial charge in [-0.1, -0.05) is 12.1 Å². The standard InChI is InChI=1S/C16H22N2O2/c1-13(19)3-4-14-5-7-15(8-6-14)20-12-9-16-17-10-11-18(16)2/h5-8,10-11,13,19H,3-4,9,12H2,1-2H3. The topological polar surface area (TPSA) is 47.3 Å². The third-order valence-corrected chi connectivity index (χ3v) is 3.29. The van der Waals surface area contributed by atoms with Gasteiger partial charge in [0.25, 0.3) is 0 Å². The second-order valence-corrected chi connectivity index (χ2v) is 5.08. The Kier molecular flexibility index (Phi) is 5.18. The molecule has 2 aromatic rings. The molecule has 0 amide bonds. The van der Waals surface area contributed by atoms with Crippen molar-refractivity contribution in [1.82, 2.24) is 9.55 Å². The number of benzene rings is 1. The van der Waals surface area contributed by atoms with Gasteiger partial charge >= 0.3 is 0 Å². The van der Waals surface area contributed by atoms with Gasteiger partial charge in [0.05, 0.1) is 12.7 Å². The summed E-state index contributed by atoms with van der Waals surface area (Å²) in [6, 6.07) is 8.07. The van der Waals surface area contributed by atoms with Gasteiger partial charge in [0, 0.05) is 25.9 Å². The van der Waals surface area contributed by atoms with Gasteiger partial charge in [0.1, 0.15) is 11.6 Å². The minimum Gasteiger partial charge on any atom is -0.493 e. The molecule has 1 N–H and O–H groups in total. The van der Waals surface area contributed by atoms with Crippen molar-refractivity contribution in [2.75, 3.05) is 6.61 Å². The quantitative estimate of drug-likeness (QED) is 0.843. The van der Waals surface area contributed by atoms with Crippen molar-refractivity contribution in [3.8, 4) is 5.75 Å². The highest BCUT2D eigenvalue weighted by molar-refractivity contribution is 5.27. The highest BCUT2D eigenvalue weighted by Crippen LogP contribution is 2.14. The molecule has 108 valence electrons. The Morgan fingerprint density at radius 3 is 2.60 bits per heavy atom. The average molecular weight is 274 g/mol. The molecule has 1 atom stereocenters. The summed E-state index contributed by atoms with van der Waals surface area (Å²) in [4.78, 5) is 4.26. The summed E-state index contributed by atoms with van der Waals surface area (Å²) in [6.07, 6.45) is 5.97. The minimum atomic E-state index is -0.247. The van der Waals surface area contributed by atoms with E-state index in [2.05, 4.69) is 17.1 Å². The maximum Gasteiger partial charge on any atom is 0.119 e. The highest BCUT2D eigenvalue weighted by atomic mass is 16.5. The SMILES string of the molecule is CC(O)CCc1ccc(OCCc2nccn2C)cc1. The number of imidazole rings is 1. The van der Waals surface area contributed by atoms with E-state index in [0.29, 0.717) is 6.61 Å². The number of rotatable bonds is 7. The molecule has 0 bridgehead atoms.